The Kier molecular flexibility index (Phi) is 7.77. The summed E-state index contributed by atoms with van der Waals surface area (Å²) in [5.74, 6) is -3.80. The number of rotatable bonds is 9. The van der Waals surface area contributed by atoms with Gasteiger partial charge in [0.25, 0.3) is 11.8 Å². The molecule has 210 valence electrons. The number of fused-ring (bicyclic) bond motifs is 1. The van der Waals surface area contributed by atoms with Crippen molar-refractivity contribution in [2.75, 3.05) is 11.5 Å². The van der Waals surface area contributed by atoms with Crippen LogP contribution in [0.2, 0.25) is 0 Å². The minimum Gasteiger partial charge on any atom is -0.477 e. The zero-order valence-electron chi connectivity index (χ0n) is 20.6. The second-order valence-corrected chi connectivity index (χ2v) is 11.3. The van der Waals surface area contributed by atoms with Gasteiger partial charge in [-0.05, 0) is 11.6 Å². The molecular weight excluding hydrogens is 597 g/mol. The van der Waals surface area contributed by atoms with E-state index in [-0.39, 0.29) is 34.6 Å². The third kappa shape index (κ3) is 5.65. The zero-order valence-corrected chi connectivity index (χ0v) is 23.0. The summed E-state index contributed by atoms with van der Waals surface area (Å²) in [5.41, 5.74) is 6.14. The lowest BCUT2D eigenvalue weighted by molar-refractivity contribution is -0.689. The van der Waals surface area contributed by atoms with Crippen molar-refractivity contribution in [3.05, 3.63) is 63.3 Å². The predicted molar refractivity (Wildman–Crippen MR) is 147 cm³/mol. The van der Waals surface area contributed by atoms with Crippen molar-refractivity contribution in [1.29, 1.82) is 0 Å². The summed E-state index contributed by atoms with van der Waals surface area (Å²) in [6.07, 6.45) is 6.98. The lowest BCUT2D eigenvalue weighted by Gasteiger charge is -2.49. The highest BCUT2D eigenvalue weighted by molar-refractivity contribution is 8.00. The van der Waals surface area contributed by atoms with E-state index in [0.29, 0.717) is 10.6 Å². The van der Waals surface area contributed by atoms with Crippen LogP contribution in [0, 0.1) is 0 Å². The lowest BCUT2D eigenvalue weighted by atomic mass is 10.0. The van der Waals surface area contributed by atoms with Gasteiger partial charge in [-0.2, -0.15) is 9.36 Å². The first-order valence-electron chi connectivity index (χ1n) is 11.5. The zero-order chi connectivity index (χ0) is 29.3. The summed E-state index contributed by atoms with van der Waals surface area (Å²) < 4.78 is 5.59. The number of pyridine rings is 1. The van der Waals surface area contributed by atoms with E-state index in [0.717, 1.165) is 22.0 Å². The van der Waals surface area contributed by atoms with Crippen LogP contribution in [0.4, 0.5) is 5.13 Å². The maximum absolute atomic E-state index is 13.0. The number of nitrogens with one attached hydrogen (secondary N) is 1. The highest BCUT2D eigenvalue weighted by Gasteiger charge is 2.54. The van der Waals surface area contributed by atoms with Gasteiger partial charge in [-0.15, -0.1) is 23.1 Å². The third-order valence-electron chi connectivity index (χ3n) is 5.95. The van der Waals surface area contributed by atoms with Crippen LogP contribution in [0.1, 0.15) is 26.9 Å². The fraction of sp³-hybridized carbons (Fsp3) is 0.174. The van der Waals surface area contributed by atoms with Crippen molar-refractivity contribution in [1.82, 2.24) is 24.6 Å². The van der Waals surface area contributed by atoms with Gasteiger partial charge in [0.2, 0.25) is 11.5 Å². The van der Waals surface area contributed by atoms with Gasteiger partial charge in [0.15, 0.2) is 29.8 Å². The number of carboxylic acids is 2. The number of carboxylic acid groups (broad SMARTS) is 2. The van der Waals surface area contributed by atoms with Crippen LogP contribution in [0.15, 0.2) is 46.3 Å². The summed E-state index contributed by atoms with van der Waals surface area (Å²) >= 11 is 3.30. The number of aliphatic carboxylic acids is 1. The molecule has 1 fully saturated rings. The number of carbonyl (C=O) groups is 4. The van der Waals surface area contributed by atoms with Crippen molar-refractivity contribution in [3.63, 3.8) is 0 Å². The molecule has 2 atom stereocenters. The van der Waals surface area contributed by atoms with Crippen LogP contribution in [-0.2, 0) is 20.9 Å². The second kappa shape index (κ2) is 11.4. The molecule has 0 bridgehead atoms. The number of carbonyl (C=O) groups excluding carboxylic acids is 2. The summed E-state index contributed by atoms with van der Waals surface area (Å²) in [5, 5.41) is 35.0. The molecule has 3 aromatic heterocycles. The van der Waals surface area contributed by atoms with Gasteiger partial charge in [-0.25, -0.2) is 19.1 Å². The van der Waals surface area contributed by atoms with Gasteiger partial charge in [-0.3, -0.25) is 14.5 Å². The van der Waals surface area contributed by atoms with Crippen molar-refractivity contribution in [2.45, 2.75) is 18.0 Å². The van der Waals surface area contributed by atoms with Crippen molar-refractivity contribution >= 4 is 81.4 Å². The number of thiazole rings is 1. The summed E-state index contributed by atoms with van der Waals surface area (Å²) in [7, 11) is 0. The number of β-lactam (4-membered cyclic amide) rings is 1. The molecule has 0 spiro atoms. The summed E-state index contributed by atoms with van der Waals surface area (Å²) in [6, 6.07) is 2.56. The Hall–Kier alpha value is -4.68. The molecule has 5 rings (SSSR count). The Morgan fingerprint density at radius 1 is 1.20 bits per heavy atom. The smallest absolute Gasteiger partial charge is 0.355 e. The Morgan fingerprint density at radius 2 is 1.95 bits per heavy atom. The number of nitrogens with two attached hydrogens (primary N) is 1. The number of nitrogen functional groups attached to an aromatic ring is 1. The van der Waals surface area contributed by atoms with Crippen molar-refractivity contribution in [3.8, 4) is 0 Å². The maximum atomic E-state index is 13.0. The number of anilines is 1. The third-order valence-corrected chi connectivity index (χ3v) is 8.65. The van der Waals surface area contributed by atoms with Gasteiger partial charge in [0, 0.05) is 40.4 Å². The highest BCUT2D eigenvalue weighted by atomic mass is 32.2. The molecule has 1 saturated heterocycles. The molecule has 41 heavy (non-hydrogen) atoms. The SMILES string of the molecule is Nc1nc(/C(=N/O)C(=O)N[C@@H]2C(=O)N3C(C(=O)O)=C(C[n+]4ccc(/C=C/c5nc(C(=O)O)cs5)cc4)CS[C@H]23)ns1. The first kappa shape index (κ1) is 27.9. The molecule has 5 heterocycles. The molecule has 3 aromatic rings. The average molecular weight is 616 g/mol. The highest BCUT2D eigenvalue weighted by Crippen LogP contribution is 2.40. The van der Waals surface area contributed by atoms with E-state index in [1.165, 1.54) is 28.5 Å². The maximum Gasteiger partial charge on any atom is 0.355 e. The molecule has 2 aliphatic heterocycles. The molecule has 0 aromatic carbocycles. The van der Waals surface area contributed by atoms with Crippen LogP contribution in [0.5, 0.6) is 0 Å². The normalized spacial score (nSPS) is 18.8. The molecule has 2 aliphatic rings. The van der Waals surface area contributed by atoms with E-state index in [4.69, 9.17) is 10.8 Å². The van der Waals surface area contributed by atoms with Crippen LogP contribution in [-0.4, -0.2) is 81.3 Å². The molecule has 15 nitrogen and oxygen atoms in total. The molecule has 0 aliphatic carbocycles. The van der Waals surface area contributed by atoms with Crippen LogP contribution in [0.3, 0.4) is 0 Å². The number of aromatic carboxylic acids is 1. The number of oxime groups is 1. The lowest BCUT2D eigenvalue weighted by Crippen LogP contribution is -2.71. The Labute approximate surface area is 242 Å². The quantitative estimate of drug-likeness (QED) is 0.0723. The van der Waals surface area contributed by atoms with Gasteiger partial charge >= 0.3 is 11.9 Å². The molecule has 18 heteroatoms. The van der Waals surface area contributed by atoms with Gasteiger partial charge in [-0.1, -0.05) is 11.2 Å². The Bertz CT molecular complexity index is 1650. The largest absolute Gasteiger partial charge is 0.477 e. The van der Waals surface area contributed by atoms with E-state index in [9.17, 15) is 29.5 Å². The summed E-state index contributed by atoms with van der Waals surface area (Å²) in [4.78, 5) is 57.7. The first-order valence-corrected chi connectivity index (χ1v) is 14.2. The van der Waals surface area contributed by atoms with Gasteiger partial charge < -0.3 is 26.5 Å². The first-order chi connectivity index (χ1) is 19.7. The molecule has 6 N–H and O–H groups in total. The average Bonchev–Trinajstić information content (AvgIpc) is 3.61. The van der Waals surface area contributed by atoms with E-state index >= 15 is 0 Å². The number of aromatic nitrogens is 4. The standard InChI is InChI=1S/C23H18N8O7S3/c24-23-27-17(29-41-23)14(28-38)18(32)26-15-19(33)31-16(22(36)37)11(8-40-20(15)31)7-30-5-3-10(4-6-30)1-2-13-25-12(9-39-13)21(34)35/h1-6,9,15,20H,7-8H2,(H5-,24,26,27,29,32,34,35,36,37,38)/p+1/b2-1+/t15-,20-/m1/s1. The molecule has 0 saturated carbocycles. The van der Waals surface area contributed by atoms with Gasteiger partial charge in [0.1, 0.15) is 22.1 Å². The fourth-order valence-electron chi connectivity index (χ4n) is 4.07. The summed E-state index contributed by atoms with van der Waals surface area (Å²) in [6.45, 7) is 0.207. The molecule has 0 unspecified atom stereocenters. The number of hydrogen-bond acceptors (Lipinski definition) is 13. The van der Waals surface area contributed by atoms with Gasteiger partial charge in [0.05, 0.1) is 0 Å². The number of hydrogen-bond donors (Lipinski definition) is 5. The Balaban J connectivity index is 1.26. The minimum absolute atomic E-state index is 0.0210. The van der Waals surface area contributed by atoms with Crippen molar-refractivity contribution < 1.29 is 39.2 Å². The van der Waals surface area contributed by atoms with Crippen LogP contribution >= 0.6 is 34.6 Å². The Morgan fingerprint density at radius 3 is 2.56 bits per heavy atom. The molecule has 2 amide bonds. The second-order valence-electron chi connectivity index (χ2n) is 8.54. The molecule has 0 radical (unpaired) electrons. The topological polar surface area (TPSA) is 225 Å². The van der Waals surface area contributed by atoms with E-state index in [1.54, 1.807) is 41.2 Å². The monoisotopic (exact) mass is 615 g/mol. The van der Waals surface area contributed by atoms with E-state index in [1.807, 2.05) is 0 Å². The van der Waals surface area contributed by atoms with E-state index in [2.05, 4.69) is 24.8 Å². The number of thioether (sulfide) groups is 1. The van der Waals surface area contributed by atoms with Crippen LogP contribution < -0.4 is 15.6 Å². The number of nitrogens with zero attached hydrogens (tertiary/aromatic N) is 6. The predicted octanol–water partition coefficient (Wildman–Crippen LogP) is 0.350. The minimum atomic E-state index is -1.27. The fourth-order valence-corrected chi connectivity index (χ4v) is 6.53. The molecular formula is C23H19N8O7S3+. The van der Waals surface area contributed by atoms with E-state index < -0.39 is 40.9 Å². The van der Waals surface area contributed by atoms with Crippen molar-refractivity contribution in [2.24, 2.45) is 5.16 Å². The number of amides is 2. The van der Waals surface area contributed by atoms with Crippen LogP contribution in [0.25, 0.3) is 12.2 Å².